The predicted molar refractivity (Wildman–Crippen MR) is 122 cm³/mol. The zero-order chi connectivity index (χ0) is 24.9. The van der Waals surface area contributed by atoms with Crippen molar-refractivity contribution in [2.75, 3.05) is 44.8 Å². The second kappa shape index (κ2) is 19.4. The average Bonchev–Trinajstić information content (AvgIpc) is 2.75. The molecule has 4 N–H and O–H groups in total. The van der Waals surface area contributed by atoms with Crippen LogP contribution in [0.5, 0.6) is 0 Å². The van der Waals surface area contributed by atoms with Crippen molar-refractivity contribution in [3.8, 4) is 0 Å². The number of esters is 1. The van der Waals surface area contributed by atoms with Gasteiger partial charge in [-0.2, -0.15) is 0 Å². The monoisotopic (exact) mass is 467 g/mol. The first-order chi connectivity index (χ1) is 15.8. The molecule has 0 atom stereocenters. The number of aromatic nitrogens is 2. The molecule has 0 spiro atoms. The predicted octanol–water partition coefficient (Wildman–Crippen LogP) is 1.21. The number of aliphatic hydroxyl groups excluding tert-OH is 1. The maximum Gasteiger partial charge on any atom is 0.333 e. The molecule has 0 saturated carbocycles. The number of aromatic amines is 1. The fraction of sp³-hybridized carbons (Fsp3) is 0.571. The molecule has 1 heterocycles. The van der Waals surface area contributed by atoms with Gasteiger partial charge in [0.2, 0.25) is 12.0 Å². The number of rotatable bonds is 14. The number of hydrogen-bond donors (Lipinski definition) is 4. The van der Waals surface area contributed by atoms with Gasteiger partial charge >= 0.3 is 12.0 Å². The number of nitrogens with one attached hydrogen (secondary N) is 3. The number of isocyanates is 1. The highest BCUT2D eigenvalue weighted by Gasteiger charge is 2.04. The fourth-order valence-electron chi connectivity index (χ4n) is 2.19. The van der Waals surface area contributed by atoms with E-state index in [-0.39, 0.29) is 31.3 Å². The second-order valence-corrected chi connectivity index (χ2v) is 6.76. The van der Waals surface area contributed by atoms with E-state index < -0.39 is 12.0 Å². The number of H-pyrrole nitrogens is 1. The summed E-state index contributed by atoms with van der Waals surface area (Å²) in [4.78, 5) is 53.2. The molecule has 0 aliphatic heterocycles. The summed E-state index contributed by atoms with van der Waals surface area (Å²) in [6, 6.07) is 0.937. The summed E-state index contributed by atoms with van der Waals surface area (Å²) in [5, 5.41) is 13.5. The lowest BCUT2D eigenvalue weighted by molar-refractivity contribution is -0.140. The number of nitrogens with zero attached hydrogens (tertiary/aromatic N) is 2. The molecule has 0 unspecified atom stereocenters. The van der Waals surface area contributed by atoms with Gasteiger partial charge in [0.1, 0.15) is 6.61 Å². The standard InChI is InChI=1S/C13H19N5O3.C8H14O4/c1-10-8-11(20)17-12(16-10)18-13(21)15-7-5-3-2-4-6-14-9-19;1-7(2)8(10)12-6-5-11-4-3-9/h8H,2-7H2,1H3,(H3,15,16,17,18,20,21);9H,1,3-6H2,2H3. The zero-order valence-electron chi connectivity index (χ0n) is 19.1. The van der Waals surface area contributed by atoms with Crippen LogP contribution in [0.1, 0.15) is 38.3 Å². The first-order valence-electron chi connectivity index (χ1n) is 10.5. The molecule has 12 heteroatoms. The molecule has 12 nitrogen and oxygen atoms in total. The quantitative estimate of drug-likeness (QED) is 0.104. The number of amides is 2. The van der Waals surface area contributed by atoms with Crippen LogP contribution >= 0.6 is 0 Å². The van der Waals surface area contributed by atoms with Gasteiger partial charge in [-0.15, -0.1) is 0 Å². The first kappa shape index (κ1) is 29.7. The van der Waals surface area contributed by atoms with E-state index in [0.29, 0.717) is 31.0 Å². The maximum absolute atomic E-state index is 11.6. The molecule has 1 rings (SSSR count). The smallest absolute Gasteiger partial charge is 0.333 e. The van der Waals surface area contributed by atoms with Crippen molar-refractivity contribution in [2.45, 2.75) is 39.5 Å². The number of aliphatic hydroxyl groups is 1. The van der Waals surface area contributed by atoms with Crippen molar-refractivity contribution >= 4 is 24.0 Å². The van der Waals surface area contributed by atoms with Crippen molar-refractivity contribution in [3.05, 3.63) is 34.3 Å². The summed E-state index contributed by atoms with van der Waals surface area (Å²) in [6.07, 6.45) is 5.05. The largest absolute Gasteiger partial charge is 0.460 e. The maximum atomic E-state index is 11.6. The third-order valence-corrected chi connectivity index (χ3v) is 3.69. The number of aryl methyl sites for hydroxylation is 1. The van der Waals surface area contributed by atoms with Crippen LogP contribution in [-0.4, -0.2) is 72.7 Å². The van der Waals surface area contributed by atoms with Crippen molar-refractivity contribution in [1.82, 2.24) is 15.3 Å². The Kier molecular flexibility index (Phi) is 17.4. The van der Waals surface area contributed by atoms with Crippen molar-refractivity contribution in [3.63, 3.8) is 0 Å². The van der Waals surface area contributed by atoms with Gasteiger partial charge in [-0.25, -0.2) is 24.4 Å². The second-order valence-electron chi connectivity index (χ2n) is 6.76. The molecule has 1 aromatic rings. The Labute approximate surface area is 192 Å². The van der Waals surface area contributed by atoms with Crippen LogP contribution in [0.15, 0.2) is 28.0 Å². The van der Waals surface area contributed by atoms with Crippen LogP contribution < -0.4 is 16.2 Å². The number of carbonyl (C=O) groups is 2. The molecule has 33 heavy (non-hydrogen) atoms. The SMILES string of the molecule is C=C(C)C(=O)OCCOCCO.Cc1cc(=O)[nH]c(NC(=O)NCCCCCCN=C=O)n1. The Hall–Kier alpha value is -3.34. The molecule has 2 amide bonds. The minimum absolute atomic E-state index is 0.0194. The van der Waals surface area contributed by atoms with E-state index in [9.17, 15) is 19.2 Å². The molecule has 0 radical (unpaired) electrons. The van der Waals surface area contributed by atoms with Crippen molar-refractivity contribution in [2.24, 2.45) is 4.99 Å². The highest BCUT2D eigenvalue weighted by molar-refractivity contribution is 5.87. The lowest BCUT2D eigenvalue weighted by atomic mass is 10.2. The van der Waals surface area contributed by atoms with E-state index in [1.165, 1.54) is 12.1 Å². The minimum Gasteiger partial charge on any atom is -0.460 e. The van der Waals surface area contributed by atoms with Crippen LogP contribution in [0.4, 0.5) is 10.7 Å². The van der Waals surface area contributed by atoms with E-state index in [0.717, 1.165) is 25.7 Å². The summed E-state index contributed by atoms with van der Waals surface area (Å²) in [5.74, 6) is -0.285. The number of urea groups is 1. The van der Waals surface area contributed by atoms with Gasteiger partial charge in [0, 0.05) is 23.9 Å². The summed E-state index contributed by atoms with van der Waals surface area (Å²) >= 11 is 0. The normalized spacial score (nSPS) is 9.67. The Bertz CT molecular complexity index is 835. The number of ether oxygens (including phenoxy) is 2. The van der Waals surface area contributed by atoms with Gasteiger partial charge < -0.3 is 19.9 Å². The number of anilines is 1. The third-order valence-electron chi connectivity index (χ3n) is 3.69. The lowest BCUT2D eigenvalue weighted by Crippen LogP contribution is -2.31. The molecule has 1 aromatic heterocycles. The van der Waals surface area contributed by atoms with Crippen LogP contribution in [0.25, 0.3) is 0 Å². The van der Waals surface area contributed by atoms with Gasteiger partial charge in [0.05, 0.1) is 26.4 Å². The molecule has 184 valence electrons. The van der Waals surface area contributed by atoms with E-state index in [4.69, 9.17) is 14.6 Å². The van der Waals surface area contributed by atoms with Gasteiger partial charge in [0.25, 0.3) is 5.56 Å². The summed E-state index contributed by atoms with van der Waals surface area (Å²) < 4.78 is 9.56. The zero-order valence-corrected chi connectivity index (χ0v) is 19.1. The van der Waals surface area contributed by atoms with Gasteiger partial charge in [-0.3, -0.25) is 15.1 Å². The summed E-state index contributed by atoms with van der Waals surface area (Å²) in [6.45, 7) is 8.45. The highest BCUT2D eigenvalue weighted by atomic mass is 16.6. The molecule has 0 aliphatic carbocycles. The van der Waals surface area contributed by atoms with E-state index >= 15 is 0 Å². The molecule has 0 bridgehead atoms. The topological polar surface area (TPSA) is 172 Å². The molecule has 0 aromatic carbocycles. The van der Waals surface area contributed by atoms with Crippen molar-refractivity contribution < 1.29 is 29.0 Å². The number of hydrogen-bond acceptors (Lipinski definition) is 9. The Morgan fingerprint density at radius 3 is 2.61 bits per heavy atom. The summed E-state index contributed by atoms with van der Waals surface area (Å²) in [5.41, 5.74) is 0.597. The van der Waals surface area contributed by atoms with Gasteiger partial charge in [-0.05, 0) is 26.7 Å². The van der Waals surface area contributed by atoms with E-state index in [1.807, 2.05) is 0 Å². The molecule has 0 fully saturated rings. The molecule has 0 saturated heterocycles. The van der Waals surface area contributed by atoms with Crippen LogP contribution in [0.3, 0.4) is 0 Å². The van der Waals surface area contributed by atoms with Crippen LogP contribution in [0, 0.1) is 6.92 Å². The number of carbonyl (C=O) groups excluding carboxylic acids is 3. The van der Waals surface area contributed by atoms with E-state index in [1.54, 1.807) is 13.8 Å². The lowest BCUT2D eigenvalue weighted by Gasteiger charge is -2.06. The molecular formula is C21H33N5O7. The van der Waals surface area contributed by atoms with Gasteiger partial charge in [-0.1, -0.05) is 19.4 Å². The third kappa shape index (κ3) is 18.0. The summed E-state index contributed by atoms with van der Waals surface area (Å²) in [7, 11) is 0. The molecular weight excluding hydrogens is 434 g/mol. The van der Waals surface area contributed by atoms with Crippen molar-refractivity contribution in [1.29, 1.82) is 0 Å². The number of aliphatic imine (C=N–C) groups is 1. The Morgan fingerprint density at radius 2 is 1.97 bits per heavy atom. The van der Waals surface area contributed by atoms with E-state index in [2.05, 4.69) is 32.2 Å². The Balaban J connectivity index is 0.000000728. The number of unbranched alkanes of at least 4 members (excludes halogenated alkanes) is 3. The average molecular weight is 468 g/mol. The van der Waals surface area contributed by atoms with Crippen LogP contribution in [0.2, 0.25) is 0 Å². The fourth-order valence-corrected chi connectivity index (χ4v) is 2.19. The first-order valence-corrected chi connectivity index (χ1v) is 10.5. The van der Waals surface area contributed by atoms with Crippen LogP contribution in [-0.2, 0) is 19.1 Å². The Morgan fingerprint density at radius 1 is 1.24 bits per heavy atom. The van der Waals surface area contributed by atoms with Gasteiger partial charge in [0.15, 0.2) is 0 Å². The molecule has 0 aliphatic rings. The highest BCUT2D eigenvalue weighted by Crippen LogP contribution is 1.99. The minimum atomic E-state index is -0.414.